The predicted octanol–water partition coefficient (Wildman–Crippen LogP) is 7.91. The summed E-state index contributed by atoms with van der Waals surface area (Å²) in [7, 11) is 0. The number of aryl methyl sites for hydroxylation is 3. The van der Waals surface area contributed by atoms with Crippen molar-refractivity contribution in [3.05, 3.63) is 91.5 Å². The molecule has 0 spiro atoms. The molecule has 0 unspecified atom stereocenters. The molecular weight excluding hydrogens is 556 g/mol. The number of esters is 1. The van der Waals surface area contributed by atoms with Gasteiger partial charge < -0.3 is 19.7 Å². The maximum Gasteiger partial charge on any atom is 0.340 e. The topological polar surface area (TPSA) is 120 Å². The number of aliphatic hydroxyl groups is 1. The zero-order valence-electron chi connectivity index (χ0n) is 24.7. The highest BCUT2D eigenvalue weighted by Crippen LogP contribution is 2.42. The minimum atomic E-state index is -1.08. The van der Waals surface area contributed by atoms with Gasteiger partial charge in [-0.25, -0.2) is 9.78 Å². The molecule has 0 saturated heterocycles. The Morgan fingerprint density at radius 1 is 1.10 bits per heavy atom. The van der Waals surface area contributed by atoms with Gasteiger partial charge in [0.05, 0.1) is 28.1 Å². The maximum atomic E-state index is 13.7. The Labute approximate surface area is 250 Å². The van der Waals surface area contributed by atoms with E-state index in [4.69, 9.17) is 21.3 Å². The van der Waals surface area contributed by atoms with Gasteiger partial charge in [0, 0.05) is 23.4 Å². The average Bonchev–Trinajstić information content (AvgIpc) is 3.27. The van der Waals surface area contributed by atoms with Crippen LogP contribution in [0, 0.1) is 30.9 Å². The van der Waals surface area contributed by atoms with Crippen molar-refractivity contribution in [1.82, 2.24) is 9.55 Å². The summed E-state index contributed by atoms with van der Waals surface area (Å²) in [6.07, 6.45) is 2.41. The van der Waals surface area contributed by atoms with Crippen LogP contribution in [0.15, 0.2) is 48.5 Å². The molecule has 0 fully saturated rings. The SMILES string of the molecule is CCCC(CCC)(OC(=O)c1ccc(C)c([N+](=O)[O-])c1Cl)c1cccc2nc(Nc3ccc(C)cc3C)n(CCO)c12. The van der Waals surface area contributed by atoms with Crippen LogP contribution in [0.2, 0.25) is 5.02 Å². The van der Waals surface area contributed by atoms with Crippen molar-refractivity contribution in [2.24, 2.45) is 0 Å². The molecule has 0 aliphatic rings. The number of nitro benzene ring substituents is 1. The van der Waals surface area contributed by atoms with Gasteiger partial charge in [-0.05, 0) is 57.4 Å². The Balaban J connectivity index is 1.89. The minimum Gasteiger partial charge on any atom is -0.450 e. The molecule has 0 aliphatic carbocycles. The number of halogens is 1. The number of nitrogens with zero attached hydrogens (tertiary/aromatic N) is 3. The van der Waals surface area contributed by atoms with Crippen LogP contribution in [-0.2, 0) is 16.9 Å². The van der Waals surface area contributed by atoms with Crippen LogP contribution in [-0.4, -0.2) is 32.2 Å². The molecular formula is C32H37ClN4O5. The number of ether oxygens (including phenoxy) is 1. The summed E-state index contributed by atoms with van der Waals surface area (Å²) in [5.74, 6) is -0.173. The van der Waals surface area contributed by atoms with Crippen molar-refractivity contribution in [3.8, 4) is 0 Å². The number of hydrogen-bond donors (Lipinski definition) is 2. The number of para-hydroxylation sites is 1. The number of nitrogens with one attached hydrogen (secondary N) is 1. The zero-order valence-corrected chi connectivity index (χ0v) is 25.4. The number of imidazole rings is 1. The first-order valence-electron chi connectivity index (χ1n) is 14.2. The second-order valence-electron chi connectivity index (χ2n) is 10.7. The Kier molecular flexibility index (Phi) is 9.53. The molecule has 9 nitrogen and oxygen atoms in total. The van der Waals surface area contributed by atoms with Crippen molar-refractivity contribution >= 4 is 45.9 Å². The van der Waals surface area contributed by atoms with Gasteiger partial charge in [0.2, 0.25) is 5.95 Å². The van der Waals surface area contributed by atoms with Gasteiger partial charge >= 0.3 is 5.97 Å². The van der Waals surface area contributed by atoms with Gasteiger partial charge in [0.1, 0.15) is 10.6 Å². The van der Waals surface area contributed by atoms with Gasteiger partial charge in [0.15, 0.2) is 0 Å². The molecule has 3 aromatic carbocycles. The lowest BCUT2D eigenvalue weighted by Crippen LogP contribution is -2.33. The predicted molar refractivity (Wildman–Crippen MR) is 166 cm³/mol. The van der Waals surface area contributed by atoms with Gasteiger partial charge in [-0.15, -0.1) is 0 Å². The first-order valence-corrected chi connectivity index (χ1v) is 14.6. The molecule has 0 amide bonds. The van der Waals surface area contributed by atoms with Crippen molar-refractivity contribution in [2.75, 3.05) is 11.9 Å². The van der Waals surface area contributed by atoms with E-state index in [0.717, 1.165) is 27.9 Å². The molecule has 4 rings (SSSR count). The van der Waals surface area contributed by atoms with E-state index in [9.17, 15) is 20.0 Å². The van der Waals surface area contributed by atoms with Crippen LogP contribution in [0.1, 0.15) is 72.1 Å². The number of nitro groups is 1. The molecule has 10 heteroatoms. The summed E-state index contributed by atoms with van der Waals surface area (Å²) in [5, 5.41) is 24.9. The molecule has 0 atom stereocenters. The smallest absolute Gasteiger partial charge is 0.340 e. The fourth-order valence-corrected chi connectivity index (χ4v) is 6.03. The van der Waals surface area contributed by atoms with Crippen molar-refractivity contribution < 1.29 is 19.6 Å². The number of fused-ring (bicyclic) bond motifs is 1. The summed E-state index contributed by atoms with van der Waals surface area (Å²) < 4.78 is 8.30. The standard InChI is InChI=1S/C32H37ClN4O5/c1-6-15-32(16-7-2,42-30(39)23-13-12-21(4)28(27(23)33)37(40)41)24-9-8-10-26-29(24)36(17-18-38)31(35-26)34-25-14-11-20(3)19-22(25)5/h8-14,19,38H,6-7,15-18H2,1-5H3,(H,34,35). The van der Waals surface area contributed by atoms with E-state index >= 15 is 0 Å². The van der Waals surface area contributed by atoms with Crippen LogP contribution in [0.25, 0.3) is 11.0 Å². The van der Waals surface area contributed by atoms with Crippen LogP contribution >= 0.6 is 11.6 Å². The normalized spacial score (nSPS) is 11.6. The number of anilines is 2. The Hall–Kier alpha value is -3.95. The number of aromatic nitrogens is 2. The number of rotatable bonds is 12. The van der Waals surface area contributed by atoms with Crippen molar-refractivity contribution in [3.63, 3.8) is 0 Å². The Morgan fingerprint density at radius 3 is 2.43 bits per heavy atom. The average molecular weight is 593 g/mol. The number of hydrogen-bond acceptors (Lipinski definition) is 7. The highest BCUT2D eigenvalue weighted by molar-refractivity contribution is 6.35. The van der Waals surface area contributed by atoms with E-state index in [0.29, 0.717) is 42.7 Å². The molecule has 1 aromatic heterocycles. The number of carbonyl (C=O) groups excluding carboxylic acids is 1. The highest BCUT2D eigenvalue weighted by Gasteiger charge is 2.39. The van der Waals surface area contributed by atoms with Crippen molar-refractivity contribution in [1.29, 1.82) is 0 Å². The first kappa shape index (κ1) is 31.0. The highest BCUT2D eigenvalue weighted by atomic mass is 35.5. The Morgan fingerprint density at radius 2 is 1.81 bits per heavy atom. The summed E-state index contributed by atoms with van der Waals surface area (Å²) in [5.41, 5.74) is 4.20. The fraction of sp³-hybridized carbons (Fsp3) is 0.375. The molecule has 4 aromatic rings. The lowest BCUT2D eigenvalue weighted by Gasteiger charge is -2.35. The zero-order chi connectivity index (χ0) is 30.6. The van der Waals surface area contributed by atoms with E-state index in [2.05, 4.69) is 11.4 Å². The number of aliphatic hydroxyl groups excluding tert-OH is 1. The van der Waals surface area contributed by atoms with E-state index in [-0.39, 0.29) is 29.4 Å². The molecule has 42 heavy (non-hydrogen) atoms. The maximum absolute atomic E-state index is 13.7. The third-order valence-electron chi connectivity index (χ3n) is 7.53. The third kappa shape index (κ3) is 5.98. The molecule has 0 saturated carbocycles. The van der Waals surface area contributed by atoms with Gasteiger partial charge in [-0.3, -0.25) is 10.1 Å². The van der Waals surface area contributed by atoms with Crippen molar-refractivity contribution in [2.45, 2.75) is 72.4 Å². The van der Waals surface area contributed by atoms with Gasteiger partial charge in [0.25, 0.3) is 5.69 Å². The van der Waals surface area contributed by atoms with Crippen LogP contribution in [0.5, 0.6) is 0 Å². The molecule has 1 heterocycles. The van der Waals surface area contributed by atoms with Gasteiger partial charge in [-0.2, -0.15) is 0 Å². The summed E-state index contributed by atoms with van der Waals surface area (Å²) >= 11 is 6.40. The fourth-order valence-electron chi connectivity index (χ4n) is 5.68. The summed E-state index contributed by atoms with van der Waals surface area (Å²) in [6, 6.07) is 14.8. The Bertz CT molecular complexity index is 1630. The quantitative estimate of drug-likeness (QED) is 0.0974. The molecule has 0 aliphatic heterocycles. The number of carbonyl (C=O) groups is 1. The monoisotopic (exact) mass is 592 g/mol. The van der Waals surface area contributed by atoms with Crippen LogP contribution < -0.4 is 5.32 Å². The third-order valence-corrected chi connectivity index (χ3v) is 7.91. The first-order chi connectivity index (χ1) is 20.1. The summed E-state index contributed by atoms with van der Waals surface area (Å²) in [6.45, 7) is 9.80. The van der Waals surface area contributed by atoms with Gasteiger partial charge in [-0.1, -0.05) is 74.2 Å². The largest absolute Gasteiger partial charge is 0.450 e. The molecule has 222 valence electrons. The van der Waals surface area contributed by atoms with Crippen LogP contribution in [0.4, 0.5) is 17.3 Å². The lowest BCUT2D eigenvalue weighted by molar-refractivity contribution is -0.385. The molecule has 2 N–H and O–H groups in total. The van der Waals surface area contributed by atoms with E-state index < -0.39 is 16.5 Å². The van der Waals surface area contributed by atoms with E-state index in [1.54, 1.807) is 6.92 Å². The minimum absolute atomic E-state index is 0.0567. The second-order valence-corrected chi connectivity index (χ2v) is 11.0. The van der Waals surface area contributed by atoms with Crippen LogP contribution in [0.3, 0.4) is 0 Å². The van der Waals surface area contributed by atoms with E-state index in [1.807, 2.05) is 62.6 Å². The lowest BCUT2D eigenvalue weighted by atomic mass is 9.84. The molecule has 0 bridgehead atoms. The van der Waals surface area contributed by atoms with E-state index in [1.165, 1.54) is 12.1 Å². The molecule has 0 radical (unpaired) electrons. The number of benzene rings is 3. The second kappa shape index (κ2) is 12.9. The summed E-state index contributed by atoms with van der Waals surface area (Å²) in [4.78, 5) is 29.7.